The molecule has 1 heterocycles. The largest absolute Gasteiger partial charge is 0.328 e. The topological polar surface area (TPSA) is 29.3 Å². The Kier molecular flexibility index (Phi) is 2.10. The van der Waals surface area contributed by atoms with E-state index < -0.39 is 0 Å². The van der Waals surface area contributed by atoms with Crippen LogP contribution in [0.3, 0.4) is 0 Å². The Bertz CT molecular complexity index is 226. The van der Waals surface area contributed by atoms with Crippen molar-refractivity contribution >= 4 is 0 Å². The first-order chi connectivity index (χ1) is 6.75. The molecule has 0 aromatic carbocycles. The second kappa shape index (κ2) is 3.21. The number of rotatable bonds is 2. The van der Waals surface area contributed by atoms with Crippen LogP contribution in [0.2, 0.25) is 0 Å². The molecule has 2 nitrogen and oxygen atoms in total. The van der Waals surface area contributed by atoms with Gasteiger partial charge in [0.2, 0.25) is 0 Å². The standard InChI is InChI=1S/C12H22N2/c1-8(13)10-4-5-14(7-10)12-3-2-9-6-11(9)12/h8-12H,2-7,13H2,1H3. The zero-order valence-corrected chi connectivity index (χ0v) is 9.15. The molecule has 5 unspecified atom stereocenters. The predicted molar refractivity (Wildman–Crippen MR) is 57.9 cm³/mol. The third-order valence-corrected chi connectivity index (χ3v) is 4.77. The van der Waals surface area contributed by atoms with E-state index in [1.807, 2.05) is 0 Å². The molecule has 3 rings (SSSR count). The Balaban J connectivity index is 1.59. The van der Waals surface area contributed by atoms with Crippen LogP contribution in [0, 0.1) is 17.8 Å². The molecule has 5 atom stereocenters. The van der Waals surface area contributed by atoms with Crippen molar-refractivity contribution in [1.82, 2.24) is 4.90 Å². The van der Waals surface area contributed by atoms with Gasteiger partial charge in [-0.1, -0.05) is 0 Å². The maximum atomic E-state index is 5.98. The minimum atomic E-state index is 0.399. The van der Waals surface area contributed by atoms with Crippen LogP contribution in [-0.2, 0) is 0 Å². The molecule has 0 amide bonds. The molecule has 80 valence electrons. The molecular formula is C12H22N2. The SMILES string of the molecule is CC(N)C1CCN(C2CCC3CC32)C1. The lowest BCUT2D eigenvalue weighted by Gasteiger charge is -2.25. The average molecular weight is 194 g/mol. The Labute approximate surface area is 86.8 Å². The van der Waals surface area contributed by atoms with E-state index in [1.165, 1.54) is 38.8 Å². The molecule has 0 spiro atoms. The lowest BCUT2D eigenvalue weighted by atomic mass is 10.0. The van der Waals surface area contributed by atoms with Crippen molar-refractivity contribution in [3.63, 3.8) is 0 Å². The number of hydrogen-bond acceptors (Lipinski definition) is 2. The minimum absolute atomic E-state index is 0.399. The van der Waals surface area contributed by atoms with Gasteiger partial charge in [0.1, 0.15) is 0 Å². The van der Waals surface area contributed by atoms with Crippen LogP contribution in [0.5, 0.6) is 0 Å². The van der Waals surface area contributed by atoms with Crippen molar-refractivity contribution in [3.05, 3.63) is 0 Å². The molecule has 0 radical (unpaired) electrons. The Morgan fingerprint density at radius 1 is 1.29 bits per heavy atom. The first-order valence-electron chi connectivity index (χ1n) is 6.25. The zero-order valence-electron chi connectivity index (χ0n) is 9.15. The minimum Gasteiger partial charge on any atom is -0.328 e. The van der Waals surface area contributed by atoms with E-state index in [4.69, 9.17) is 5.73 Å². The number of likely N-dealkylation sites (tertiary alicyclic amines) is 1. The summed E-state index contributed by atoms with van der Waals surface area (Å²) >= 11 is 0. The van der Waals surface area contributed by atoms with Gasteiger partial charge in [-0.05, 0) is 56.9 Å². The number of nitrogens with zero attached hydrogens (tertiary/aromatic N) is 1. The molecule has 2 N–H and O–H groups in total. The molecular weight excluding hydrogens is 172 g/mol. The van der Waals surface area contributed by atoms with Crippen LogP contribution >= 0.6 is 0 Å². The van der Waals surface area contributed by atoms with Crippen LogP contribution in [0.4, 0.5) is 0 Å². The quantitative estimate of drug-likeness (QED) is 0.721. The monoisotopic (exact) mass is 194 g/mol. The molecule has 3 aliphatic rings. The highest BCUT2D eigenvalue weighted by Crippen LogP contribution is 2.54. The molecule has 2 heteroatoms. The molecule has 1 saturated heterocycles. The van der Waals surface area contributed by atoms with Gasteiger partial charge in [-0.25, -0.2) is 0 Å². The highest BCUT2D eigenvalue weighted by molar-refractivity contribution is 5.03. The molecule has 0 aromatic rings. The van der Waals surface area contributed by atoms with Gasteiger partial charge in [-0.15, -0.1) is 0 Å². The summed E-state index contributed by atoms with van der Waals surface area (Å²) in [7, 11) is 0. The van der Waals surface area contributed by atoms with Crippen molar-refractivity contribution in [2.75, 3.05) is 13.1 Å². The molecule has 0 bridgehead atoms. The zero-order chi connectivity index (χ0) is 9.71. The number of nitrogens with two attached hydrogens (primary N) is 1. The maximum absolute atomic E-state index is 5.98. The van der Waals surface area contributed by atoms with E-state index in [0.29, 0.717) is 6.04 Å². The predicted octanol–water partition coefficient (Wildman–Crippen LogP) is 1.45. The number of hydrogen-bond donors (Lipinski definition) is 1. The first-order valence-corrected chi connectivity index (χ1v) is 6.25. The summed E-state index contributed by atoms with van der Waals surface area (Å²) in [4.78, 5) is 2.74. The number of fused-ring (bicyclic) bond motifs is 1. The fourth-order valence-electron chi connectivity index (χ4n) is 3.67. The summed E-state index contributed by atoms with van der Waals surface area (Å²) in [6.45, 7) is 4.77. The van der Waals surface area contributed by atoms with Gasteiger partial charge in [-0.3, -0.25) is 4.90 Å². The van der Waals surface area contributed by atoms with Crippen molar-refractivity contribution < 1.29 is 0 Å². The van der Waals surface area contributed by atoms with Gasteiger partial charge < -0.3 is 5.73 Å². The fourth-order valence-corrected chi connectivity index (χ4v) is 3.67. The van der Waals surface area contributed by atoms with E-state index in [1.54, 1.807) is 0 Å². The Hall–Kier alpha value is -0.0800. The normalized spacial score (nSPS) is 49.3. The smallest absolute Gasteiger partial charge is 0.0126 e. The second-order valence-electron chi connectivity index (χ2n) is 5.71. The van der Waals surface area contributed by atoms with E-state index in [0.717, 1.165) is 23.8 Å². The van der Waals surface area contributed by atoms with Crippen LogP contribution in [0.25, 0.3) is 0 Å². The van der Waals surface area contributed by atoms with Gasteiger partial charge in [0.05, 0.1) is 0 Å². The molecule has 2 aliphatic carbocycles. The lowest BCUT2D eigenvalue weighted by molar-refractivity contribution is 0.213. The first kappa shape index (κ1) is 9.17. The van der Waals surface area contributed by atoms with Crippen LogP contribution in [-0.4, -0.2) is 30.1 Å². The van der Waals surface area contributed by atoms with Crippen molar-refractivity contribution in [2.45, 2.75) is 44.7 Å². The Morgan fingerprint density at radius 3 is 2.64 bits per heavy atom. The summed E-state index contributed by atoms with van der Waals surface area (Å²) in [6, 6.07) is 1.35. The molecule has 3 fully saturated rings. The van der Waals surface area contributed by atoms with E-state index in [-0.39, 0.29) is 0 Å². The highest BCUT2D eigenvalue weighted by Gasteiger charge is 2.50. The fraction of sp³-hybridized carbons (Fsp3) is 1.00. The van der Waals surface area contributed by atoms with Gasteiger partial charge >= 0.3 is 0 Å². The van der Waals surface area contributed by atoms with Gasteiger partial charge in [0.25, 0.3) is 0 Å². The summed E-state index contributed by atoms with van der Waals surface area (Å²) < 4.78 is 0. The summed E-state index contributed by atoms with van der Waals surface area (Å²) in [5, 5.41) is 0. The van der Waals surface area contributed by atoms with E-state index >= 15 is 0 Å². The van der Waals surface area contributed by atoms with E-state index in [2.05, 4.69) is 11.8 Å². The lowest BCUT2D eigenvalue weighted by Crippen LogP contribution is -2.36. The maximum Gasteiger partial charge on any atom is 0.0126 e. The third-order valence-electron chi connectivity index (χ3n) is 4.77. The molecule has 2 saturated carbocycles. The second-order valence-corrected chi connectivity index (χ2v) is 5.71. The molecule has 1 aliphatic heterocycles. The van der Waals surface area contributed by atoms with Crippen molar-refractivity contribution in [2.24, 2.45) is 23.5 Å². The van der Waals surface area contributed by atoms with Gasteiger partial charge in [-0.2, -0.15) is 0 Å². The average Bonchev–Trinajstić information content (AvgIpc) is 2.65. The summed E-state index contributed by atoms with van der Waals surface area (Å²) in [5.74, 6) is 2.98. The van der Waals surface area contributed by atoms with Crippen molar-refractivity contribution in [3.8, 4) is 0 Å². The van der Waals surface area contributed by atoms with Crippen LogP contribution in [0.15, 0.2) is 0 Å². The Morgan fingerprint density at radius 2 is 2.14 bits per heavy atom. The third kappa shape index (κ3) is 1.40. The molecule has 0 aromatic heterocycles. The van der Waals surface area contributed by atoms with Crippen molar-refractivity contribution in [1.29, 1.82) is 0 Å². The summed E-state index contributed by atoms with van der Waals surface area (Å²) in [6.07, 6.45) is 5.85. The van der Waals surface area contributed by atoms with Gasteiger partial charge in [0.15, 0.2) is 0 Å². The van der Waals surface area contributed by atoms with Gasteiger partial charge in [0, 0.05) is 18.6 Å². The van der Waals surface area contributed by atoms with Crippen LogP contribution in [0.1, 0.15) is 32.6 Å². The molecule has 14 heavy (non-hydrogen) atoms. The summed E-state index contributed by atoms with van der Waals surface area (Å²) in [5.41, 5.74) is 5.98. The van der Waals surface area contributed by atoms with Crippen LogP contribution < -0.4 is 5.73 Å². The van der Waals surface area contributed by atoms with E-state index in [9.17, 15) is 0 Å². The highest BCUT2D eigenvalue weighted by atomic mass is 15.2.